The third-order valence-electron chi connectivity index (χ3n) is 3.26. The van der Waals surface area contributed by atoms with Crippen molar-refractivity contribution in [2.75, 3.05) is 20.2 Å². The molecule has 9 heteroatoms. The molecule has 1 fully saturated rings. The van der Waals surface area contributed by atoms with Gasteiger partial charge in [0.25, 0.3) is 0 Å². The van der Waals surface area contributed by atoms with E-state index in [0.29, 0.717) is 13.0 Å². The number of carbonyl (C=O) groups is 1. The first-order valence-electron chi connectivity index (χ1n) is 6.15. The zero-order valence-corrected chi connectivity index (χ0v) is 12.6. The second-order valence-electron chi connectivity index (χ2n) is 4.66. The molecule has 1 aliphatic heterocycles. The molecule has 0 unspecified atom stereocenters. The molecule has 2 heterocycles. The molecule has 0 spiro atoms. The molecule has 0 amide bonds. The molecular weight excluding hydrogens is 304 g/mol. The quantitative estimate of drug-likeness (QED) is 0.870. The summed E-state index contributed by atoms with van der Waals surface area (Å²) in [5.74, 6) is -0.951. The van der Waals surface area contributed by atoms with E-state index in [1.54, 1.807) is 0 Å². The maximum Gasteiger partial charge on any atom is 0.303 e. The number of aromatic nitrogens is 1. The van der Waals surface area contributed by atoms with Crippen LogP contribution in [-0.2, 0) is 14.8 Å². The first-order valence-corrected chi connectivity index (χ1v) is 8.43. The molecule has 0 radical (unpaired) electrons. The number of aliphatic carboxylic acids is 1. The van der Waals surface area contributed by atoms with Crippen LogP contribution >= 0.6 is 11.5 Å². The summed E-state index contributed by atoms with van der Waals surface area (Å²) in [6, 6.07) is 0. The number of methoxy groups -OCH3 is 1. The van der Waals surface area contributed by atoms with Crippen molar-refractivity contribution >= 4 is 27.5 Å². The van der Waals surface area contributed by atoms with E-state index in [-0.39, 0.29) is 29.7 Å². The SMILES string of the molecule is COc1nscc1S(=O)(=O)N1CCC[C@H](CC(=O)O)C1. The lowest BCUT2D eigenvalue weighted by Crippen LogP contribution is -2.40. The largest absolute Gasteiger partial charge is 0.481 e. The van der Waals surface area contributed by atoms with Crippen molar-refractivity contribution in [3.63, 3.8) is 0 Å². The maximum atomic E-state index is 12.5. The van der Waals surface area contributed by atoms with Gasteiger partial charge in [-0.15, -0.1) is 0 Å². The summed E-state index contributed by atoms with van der Waals surface area (Å²) in [5.41, 5.74) is 0. The zero-order valence-electron chi connectivity index (χ0n) is 11.0. The summed E-state index contributed by atoms with van der Waals surface area (Å²) in [5, 5.41) is 10.3. The van der Waals surface area contributed by atoms with E-state index < -0.39 is 16.0 Å². The van der Waals surface area contributed by atoms with Crippen LogP contribution in [0.3, 0.4) is 0 Å². The average Bonchev–Trinajstić information content (AvgIpc) is 2.87. The normalized spacial score (nSPS) is 20.8. The topological polar surface area (TPSA) is 96.8 Å². The van der Waals surface area contributed by atoms with Gasteiger partial charge >= 0.3 is 5.97 Å². The van der Waals surface area contributed by atoms with Crippen molar-refractivity contribution in [1.29, 1.82) is 0 Å². The molecule has 20 heavy (non-hydrogen) atoms. The number of nitrogens with zero attached hydrogens (tertiary/aromatic N) is 2. The molecule has 0 bridgehead atoms. The van der Waals surface area contributed by atoms with E-state index in [1.807, 2.05) is 0 Å². The molecule has 1 aromatic rings. The van der Waals surface area contributed by atoms with Gasteiger partial charge in [0.1, 0.15) is 0 Å². The predicted octanol–water partition coefficient (Wildman–Crippen LogP) is 1.03. The van der Waals surface area contributed by atoms with Crippen LogP contribution in [0.2, 0.25) is 0 Å². The molecule has 7 nitrogen and oxygen atoms in total. The Morgan fingerprint density at radius 2 is 2.40 bits per heavy atom. The summed E-state index contributed by atoms with van der Waals surface area (Å²) in [7, 11) is -2.29. The summed E-state index contributed by atoms with van der Waals surface area (Å²) in [4.78, 5) is 10.8. The number of hydrogen-bond acceptors (Lipinski definition) is 6. The molecule has 1 N–H and O–H groups in total. The second-order valence-corrected chi connectivity index (χ2v) is 7.19. The Balaban J connectivity index is 2.19. The van der Waals surface area contributed by atoms with Gasteiger partial charge in [0.15, 0.2) is 4.90 Å². The van der Waals surface area contributed by atoms with Crippen LogP contribution < -0.4 is 4.74 Å². The Morgan fingerprint density at radius 3 is 3.05 bits per heavy atom. The standard InChI is InChI=1S/C11H16N2O5S2/c1-18-11-9(7-19-12-11)20(16,17)13-4-2-3-8(6-13)5-10(14)15/h7-8H,2-6H2,1H3,(H,14,15)/t8-/m1/s1. The van der Waals surface area contributed by atoms with E-state index in [2.05, 4.69) is 4.37 Å². The Morgan fingerprint density at radius 1 is 1.65 bits per heavy atom. The Bertz CT molecular complexity index is 583. The summed E-state index contributed by atoms with van der Waals surface area (Å²) >= 11 is 1.02. The minimum atomic E-state index is -3.67. The van der Waals surface area contributed by atoms with Crippen molar-refractivity contribution < 1.29 is 23.1 Å². The van der Waals surface area contributed by atoms with Gasteiger partial charge in [0.05, 0.1) is 7.11 Å². The van der Waals surface area contributed by atoms with Gasteiger partial charge in [-0.05, 0) is 30.3 Å². The fourth-order valence-corrected chi connectivity index (χ4v) is 4.92. The van der Waals surface area contributed by atoms with Crippen LogP contribution in [0, 0.1) is 5.92 Å². The van der Waals surface area contributed by atoms with Gasteiger partial charge in [-0.1, -0.05) is 0 Å². The molecule has 1 aliphatic rings. The van der Waals surface area contributed by atoms with Crippen LogP contribution in [-0.4, -0.2) is 48.4 Å². The van der Waals surface area contributed by atoms with E-state index in [9.17, 15) is 13.2 Å². The predicted molar refractivity (Wildman–Crippen MR) is 72.4 cm³/mol. The molecule has 1 saturated heterocycles. The van der Waals surface area contributed by atoms with E-state index >= 15 is 0 Å². The van der Waals surface area contributed by atoms with Crippen LogP contribution in [0.25, 0.3) is 0 Å². The highest BCUT2D eigenvalue weighted by Gasteiger charge is 2.33. The van der Waals surface area contributed by atoms with E-state index in [4.69, 9.17) is 9.84 Å². The third-order valence-corrected chi connectivity index (χ3v) is 5.88. The molecule has 0 aliphatic carbocycles. The number of carboxylic acid groups (broad SMARTS) is 1. The van der Waals surface area contributed by atoms with Crippen molar-refractivity contribution in [3.05, 3.63) is 5.38 Å². The molecular formula is C11H16N2O5S2. The Labute approximate surface area is 121 Å². The highest BCUT2D eigenvalue weighted by molar-refractivity contribution is 7.89. The first kappa shape index (κ1) is 15.2. The molecule has 1 aromatic heterocycles. The molecule has 2 rings (SSSR count). The van der Waals surface area contributed by atoms with Gasteiger partial charge < -0.3 is 9.84 Å². The van der Waals surface area contributed by atoms with Gasteiger partial charge in [-0.2, -0.15) is 8.68 Å². The van der Waals surface area contributed by atoms with Gasteiger partial charge in [0.2, 0.25) is 15.9 Å². The Hall–Kier alpha value is -1.19. The summed E-state index contributed by atoms with van der Waals surface area (Å²) < 4.78 is 35.2. The highest BCUT2D eigenvalue weighted by atomic mass is 32.2. The van der Waals surface area contributed by atoms with Gasteiger partial charge in [-0.25, -0.2) is 8.42 Å². The fraction of sp³-hybridized carbons (Fsp3) is 0.636. The number of sulfonamides is 1. The Kier molecular flexibility index (Phi) is 4.61. The minimum Gasteiger partial charge on any atom is -0.481 e. The van der Waals surface area contributed by atoms with Crippen molar-refractivity contribution in [1.82, 2.24) is 8.68 Å². The maximum absolute atomic E-state index is 12.5. The molecule has 0 saturated carbocycles. The van der Waals surface area contributed by atoms with Gasteiger partial charge in [-0.3, -0.25) is 4.79 Å². The number of hydrogen-bond donors (Lipinski definition) is 1. The molecule has 1 atom stereocenters. The van der Waals surface area contributed by atoms with Crippen molar-refractivity contribution in [2.45, 2.75) is 24.2 Å². The fourth-order valence-electron chi connectivity index (χ4n) is 2.32. The zero-order chi connectivity index (χ0) is 14.8. The lowest BCUT2D eigenvalue weighted by molar-refractivity contribution is -0.138. The molecule has 112 valence electrons. The van der Waals surface area contributed by atoms with Crippen molar-refractivity contribution in [2.24, 2.45) is 5.92 Å². The molecule has 0 aromatic carbocycles. The minimum absolute atomic E-state index is 0.00889. The van der Waals surface area contributed by atoms with Crippen LogP contribution in [0.15, 0.2) is 10.3 Å². The van der Waals surface area contributed by atoms with Crippen molar-refractivity contribution in [3.8, 4) is 5.88 Å². The number of ether oxygens (including phenoxy) is 1. The smallest absolute Gasteiger partial charge is 0.303 e. The second kappa shape index (κ2) is 6.06. The van der Waals surface area contributed by atoms with E-state index in [1.165, 1.54) is 16.8 Å². The van der Waals surface area contributed by atoms with Crippen LogP contribution in [0.5, 0.6) is 5.88 Å². The number of rotatable bonds is 5. The third kappa shape index (κ3) is 3.10. The summed E-state index contributed by atoms with van der Waals surface area (Å²) in [6.45, 7) is 0.630. The average molecular weight is 320 g/mol. The van der Waals surface area contributed by atoms with E-state index in [0.717, 1.165) is 18.0 Å². The van der Waals surface area contributed by atoms with Gasteiger partial charge in [0, 0.05) is 24.9 Å². The lowest BCUT2D eigenvalue weighted by atomic mass is 9.96. The van der Waals surface area contributed by atoms with Crippen LogP contribution in [0.4, 0.5) is 0 Å². The van der Waals surface area contributed by atoms with Crippen LogP contribution in [0.1, 0.15) is 19.3 Å². The highest BCUT2D eigenvalue weighted by Crippen LogP contribution is 2.30. The summed E-state index contributed by atoms with van der Waals surface area (Å²) in [6.07, 6.45) is 1.39. The number of piperidine rings is 1. The monoisotopic (exact) mass is 320 g/mol. The lowest BCUT2D eigenvalue weighted by Gasteiger charge is -2.30. The first-order chi connectivity index (χ1) is 9.45. The number of carboxylic acids is 1.